The van der Waals surface area contributed by atoms with Gasteiger partial charge in [-0.1, -0.05) is 10.3 Å². The van der Waals surface area contributed by atoms with Crippen LogP contribution in [0.2, 0.25) is 0 Å². The molecule has 2 heterocycles. The third kappa shape index (κ3) is 6.30. The number of hydrogen-bond donors (Lipinski definition) is 1. The van der Waals surface area contributed by atoms with Gasteiger partial charge in [-0.05, 0) is 31.5 Å². The molecule has 0 saturated carbocycles. The first-order valence-electron chi connectivity index (χ1n) is 9.75. The number of nitrogens with zero attached hydrogens (tertiary/aromatic N) is 3. The number of esters is 1. The topological polar surface area (TPSA) is 130 Å². The summed E-state index contributed by atoms with van der Waals surface area (Å²) >= 11 is 0. The van der Waals surface area contributed by atoms with E-state index in [0.29, 0.717) is 24.4 Å². The number of aryl methyl sites for hydroxylation is 1. The summed E-state index contributed by atoms with van der Waals surface area (Å²) < 4.78 is 57.9. The second-order valence-corrected chi connectivity index (χ2v) is 6.66. The number of aromatic nitrogens is 3. The summed E-state index contributed by atoms with van der Waals surface area (Å²) in [6.07, 6.45) is -3.86. The van der Waals surface area contributed by atoms with E-state index in [1.807, 2.05) is 0 Å². The number of amides is 1. The summed E-state index contributed by atoms with van der Waals surface area (Å²) in [5.41, 5.74) is 0.493. The van der Waals surface area contributed by atoms with E-state index < -0.39 is 23.9 Å². The van der Waals surface area contributed by atoms with Crippen LogP contribution in [0.1, 0.15) is 42.4 Å². The Kier molecular flexibility index (Phi) is 7.30. The van der Waals surface area contributed by atoms with Crippen molar-refractivity contribution in [2.24, 2.45) is 0 Å². The predicted octanol–water partition coefficient (Wildman–Crippen LogP) is 3.89. The van der Waals surface area contributed by atoms with Crippen LogP contribution in [0.4, 0.5) is 18.9 Å². The lowest BCUT2D eigenvalue weighted by molar-refractivity contribution is -0.159. The van der Waals surface area contributed by atoms with Gasteiger partial charge in [0.15, 0.2) is 5.69 Å². The maximum Gasteiger partial charge on any atom is 0.471 e. The molecule has 3 aromatic rings. The van der Waals surface area contributed by atoms with Gasteiger partial charge in [-0.2, -0.15) is 18.2 Å². The molecule has 0 bridgehead atoms. The molecule has 0 unspecified atom stereocenters. The normalized spacial score (nSPS) is 11.3. The molecular formula is C20H19F3N4O6. The van der Waals surface area contributed by atoms with Crippen LogP contribution >= 0.6 is 0 Å². The predicted molar refractivity (Wildman–Crippen MR) is 105 cm³/mol. The van der Waals surface area contributed by atoms with Crippen LogP contribution in [0, 0.1) is 0 Å². The SMILES string of the molecule is CCOC(=O)c1cc(CCCOc2ccc(-c3noc(C(F)(F)F)n3)cc2NC(C)=O)on1. The Morgan fingerprint density at radius 1 is 1.15 bits per heavy atom. The molecule has 176 valence electrons. The maximum absolute atomic E-state index is 12.7. The molecule has 0 aliphatic heterocycles. The maximum atomic E-state index is 12.7. The zero-order valence-electron chi connectivity index (χ0n) is 17.6. The molecule has 0 spiro atoms. The van der Waals surface area contributed by atoms with Crippen LogP contribution in [0.15, 0.2) is 33.3 Å². The molecule has 0 aliphatic carbocycles. The van der Waals surface area contributed by atoms with Gasteiger partial charge in [-0.3, -0.25) is 4.79 Å². The van der Waals surface area contributed by atoms with Crippen molar-refractivity contribution in [3.8, 4) is 17.1 Å². The van der Waals surface area contributed by atoms with Gasteiger partial charge < -0.3 is 23.8 Å². The smallest absolute Gasteiger partial charge is 0.471 e. The molecule has 1 N–H and O–H groups in total. The highest BCUT2D eigenvalue weighted by molar-refractivity contribution is 5.91. The average Bonchev–Trinajstić information content (AvgIpc) is 3.42. The lowest BCUT2D eigenvalue weighted by atomic mass is 10.1. The summed E-state index contributed by atoms with van der Waals surface area (Å²) in [5, 5.41) is 9.53. The fourth-order valence-corrected chi connectivity index (χ4v) is 2.70. The van der Waals surface area contributed by atoms with Gasteiger partial charge >= 0.3 is 18.0 Å². The molecule has 0 fully saturated rings. The summed E-state index contributed by atoms with van der Waals surface area (Å²) in [4.78, 5) is 26.5. The Balaban J connectivity index is 1.64. The van der Waals surface area contributed by atoms with Gasteiger partial charge in [0.1, 0.15) is 11.5 Å². The number of nitrogens with one attached hydrogen (secondary N) is 1. The molecular weight excluding hydrogens is 449 g/mol. The van der Waals surface area contributed by atoms with Crippen molar-refractivity contribution in [2.75, 3.05) is 18.5 Å². The molecule has 1 aromatic carbocycles. The lowest BCUT2D eigenvalue weighted by Gasteiger charge is -2.12. The molecule has 10 nitrogen and oxygen atoms in total. The number of halogens is 3. The van der Waals surface area contributed by atoms with Gasteiger partial charge in [0.2, 0.25) is 11.7 Å². The number of rotatable bonds is 9. The molecule has 13 heteroatoms. The highest BCUT2D eigenvalue weighted by Gasteiger charge is 2.38. The van der Waals surface area contributed by atoms with Crippen molar-refractivity contribution in [2.45, 2.75) is 32.9 Å². The van der Waals surface area contributed by atoms with Crippen molar-refractivity contribution in [1.29, 1.82) is 0 Å². The summed E-state index contributed by atoms with van der Waals surface area (Å²) in [6.45, 7) is 3.39. The van der Waals surface area contributed by atoms with E-state index >= 15 is 0 Å². The highest BCUT2D eigenvalue weighted by Crippen LogP contribution is 2.33. The zero-order valence-corrected chi connectivity index (χ0v) is 17.6. The monoisotopic (exact) mass is 468 g/mol. The van der Waals surface area contributed by atoms with Gasteiger partial charge in [-0.25, -0.2) is 4.79 Å². The van der Waals surface area contributed by atoms with Crippen molar-refractivity contribution < 1.29 is 41.3 Å². The summed E-state index contributed by atoms with van der Waals surface area (Å²) in [6, 6.07) is 5.77. The van der Waals surface area contributed by atoms with Crippen molar-refractivity contribution in [1.82, 2.24) is 15.3 Å². The molecule has 33 heavy (non-hydrogen) atoms. The number of anilines is 1. The quantitative estimate of drug-likeness (QED) is 0.367. The average molecular weight is 468 g/mol. The van der Waals surface area contributed by atoms with Gasteiger partial charge in [0.05, 0.1) is 18.9 Å². The zero-order chi connectivity index (χ0) is 24.0. The minimum atomic E-state index is -4.77. The number of hydrogen-bond acceptors (Lipinski definition) is 9. The van der Waals surface area contributed by atoms with Crippen LogP contribution in [-0.4, -0.2) is 40.4 Å². The second-order valence-electron chi connectivity index (χ2n) is 6.66. The highest BCUT2D eigenvalue weighted by atomic mass is 19.4. The minimum Gasteiger partial charge on any atom is -0.491 e. The molecule has 0 saturated heterocycles. The lowest BCUT2D eigenvalue weighted by Crippen LogP contribution is -2.09. The Morgan fingerprint density at radius 2 is 1.94 bits per heavy atom. The second kappa shape index (κ2) is 10.1. The molecule has 0 radical (unpaired) electrons. The molecule has 0 atom stereocenters. The minimum absolute atomic E-state index is 0.0754. The number of ether oxygens (including phenoxy) is 2. The van der Waals surface area contributed by atoms with Gasteiger partial charge in [-0.15, -0.1) is 0 Å². The molecule has 2 aromatic heterocycles. The Bertz CT molecular complexity index is 1130. The molecule has 0 aliphatic rings. The summed E-state index contributed by atoms with van der Waals surface area (Å²) in [7, 11) is 0. The fraction of sp³-hybridized carbons (Fsp3) is 0.350. The van der Waals surface area contributed by atoms with E-state index in [9.17, 15) is 22.8 Å². The number of alkyl halides is 3. The Hall–Kier alpha value is -3.90. The Labute approximate surface area is 185 Å². The standard InChI is InChI=1S/C20H19F3N4O6/c1-3-30-18(29)15-10-13(32-26-15)5-4-8-31-16-7-6-12(9-14(16)24-11(2)28)17-25-19(33-27-17)20(21,22)23/h6-7,9-10H,3-5,8H2,1-2H3,(H,24,28). The van der Waals surface area contributed by atoms with E-state index in [-0.39, 0.29) is 36.0 Å². The first-order chi connectivity index (χ1) is 15.7. The third-order valence-corrected chi connectivity index (χ3v) is 4.09. The van der Waals surface area contributed by atoms with E-state index in [4.69, 9.17) is 14.0 Å². The fourth-order valence-electron chi connectivity index (χ4n) is 2.70. The van der Waals surface area contributed by atoms with Gasteiger partial charge in [0, 0.05) is 25.0 Å². The van der Waals surface area contributed by atoms with E-state index in [1.165, 1.54) is 31.2 Å². The number of benzene rings is 1. The summed E-state index contributed by atoms with van der Waals surface area (Å²) in [5.74, 6) is -1.99. The van der Waals surface area contributed by atoms with Crippen molar-refractivity contribution in [3.05, 3.63) is 41.6 Å². The first kappa shape index (κ1) is 23.8. The first-order valence-corrected chi connectivity index (χ1v) is 9.75. The number of carbonyl (C=O) groups excluding carboxylic acids is 2. The van der Waals surface area contributed by atoms with Crippen molar-refractivity contribution in [3.63, 3.8) is 0 Å². The van der Waals surface area contributed by atoms with E-state index in [0.717, 1.165) is 0 Å². The number of carbonyl (C=O) groups is 2. The van der Waals surface area contributed by atoms with Crippen LogP contribution in [0.5, 0.6) is 5.75 Å². The van der Waals surface area contributed by atoms with Crippen LogP contribution in [0.25, 0.3) is 11.4 Å². The third-order valence-electron chi connectivity index (χ3n) is 4.09. The van der Waals surface area contributed by atoms with E-state index in [1.54, 1.807) is 6.92 Å². The largest absolute Gasteiger partial charge is 0.491 e. The van der Waals surface area contributed by atoms with Crippen LogP contribution < -0.4 is 10.1 Å². The van der Waals surface area contributed by atoms with Gasteiger partial charge in [0.25, 0.3) is 0 Å². The van der Waals surface area contributed by atoms with Crippen LogP contribution in [-0.2, 0) is 22.1 Å². The Morgan fingerprint density at radius 3 is 2.61 bits per heavy atom. The molecule has 1 amide bonds. The molecule has 3 rings (SSSR count). The van der Waals surface area contributed by atoms with Crippen LogP contribution in [0.3, 0.4) is 0 Å². The van der Waals surface area contributed by atoms with E-state index in [2.05, 4.69) is 25.1 Å². The van der Waals surface area contributed by atoms with Crippen molar-refractivity contribution >= 4 is 17.6 Å².